The van der Waals surface area contributed by atoms with E-state index < -0.39 is 0 Å². The van der Waals surface area contributed by atoms with Crippen LogP contribution in [0.25, 0.3) is 73.5 Å². The fourth-order valence-electron chi connectivity index (χ4n) is 8.54. The zero-order chi connectivity index (χ0) is 44.3. The van der Waals surface area contributed by atoms with Crippen molar-refractivity contribution in [1.29, 1.82) is 0 Å². The summed E-state index contributed by atoms with van der Waals surface area (Å²) in [6, 6.07) is 45.4. The van der Waals surface area contributed by atoms with Gasteiger partial charge in [0.2, 0.25) is 0 Å². The molecule has 0 radical (unpaired) electrons. The second kappa shape index (κ2) is 20.4. The van der Waals surface area contributed by atoms with Gasteiger partial charge in [0.25, 0.3) is 0 Å². The molecule has 0 unspecified atom stereocenters. The molecule has 0 N–H and O–H groups in total. The van der Waals surface area contributed by atoms with E-state index in [4.69, 9.17) is 4.99 Å². The molecule has 0 aliphatic heterocycles. The zero-order valence-corrected chi connectivity index (χ0v) is 36.8. The largest absolute Gasteiger partial charge is 0.264 e. The van der Waals surface area contributed by atoms with E-state index in [9.17, 15) is 0 Å². The maximum absolute atomic E-state index is 4.72. The van der Waals surface area contributed by atoms with E-state index in [0.29, 0.717) is 5.84 Å². The molecule has 0 saturated carbocycles. The van der Waals surface area contributed by atoms with Gasteiger partial charge in [0.05, 0.1) is 5.70 Å². The summed E-state index contributed by atoms with van der Waals surface area (Å²) in [6.07, 6.45) is 29.0. The molecule has 3 heteroatoms. The third-order valence-electron chi connectivity index (χ3n) is 11.7. The van der Waals surface area contributed by atoms with Crippen LogP contribution < -0.4 is 0 Å². The van der Waals surface area contributed by atoms with Crippen LogP contribution in [0, 0.1) is 6.92 Å². The maximum Gasteiger partial charge on any atom is 0.159 e. The third kappa shape index (κ3) is 9.65. The molecule has 0 amide bonds. The van der Waals surface area contributed by atoms with Gasteiger partial charge in [-0.2, -0.15) is 0 Å². The van der Waals surface area contributed by atoms with Gasteiger partial charge < -0.3 is 0 Å². The Morgan fingerprint density at radius 2 is 1.41 bits per heavy atom. The molecule has 6 aromatic carbocycles. The summed E-state index contributed by atoms with van der Waals surface area (Å²) in [5.41, 5.74) is 18.8. The first-order valence-electron chi connectivity index (χ1n) is 22.1. The summed E-state index contributed by atoms with van der Waals surface area (Å²) in [6.45, 7) is 16.1. The fourth-order valence-corrected chi connectivity index (χ4v) is 8.54. The summed E-state index contributed by atoms with van der Waals surface area (Å²) in [4.78, 5) is 13.3. The van der Waals surface area contributed by atoms with E-state index in [2.05, 4.69) is 183 Å². The smallest absolute Gasteiger partial charge is 0.159 e. The predicted molar refractivity (Wildman–Crippen MR) is 278 cm³/mol. The molecule has 0 fully saturated rings. The first-order valence-corrected chi connectivity index (χ1v) is 22.1. The molecule has 2 aliphatic rings. The van der Waals surface area contributed by atoms with E-state index in [0.717, 1.165) is 53.6 Å². The minimum absolute atomic E-state index is 0.654. The van der Waals surface area contributed by atoms with Crippen molar-refractivity contribution in [3.05, 3.63) is 240 Å². The molecule has 3 nitrogen and oxygen atoms in total. The number of amidine groups is 1. The fraction of sp³-hybridized carbons (Fsp3) is 0.0984. The summed E-state index contributed by atoms with van der Waals surface area (Å²) in [5.74, 6) is 0.654. The van der Waals surface area contributed by atoms with Gasteiger partial charge in [0.1, 0.15) is 0 Å². The highest BCUT2D eigenvalue weighted by atomic mass is 14.9. The van der Waals surface area contributed by atoms with Crippen molar-refractivity contribution in [3.8, 4) is 44.5 Å². The number of pyridine rings is 1. The first kappa shape index (κ1) is 42.9. The number of aromatic nitrogens is 1. The minimum atomic E-state index is 0.654. The van der Waals surface area contributed by atoms with E-state index in [1.807, 2.05) is 61.0 Å². The molecule has 9 rings (SSSR count). The van der Waals surface area contributed by atoms with Crippen LogP contribution in [-0.2, 0) is 6.42 Å². The molecule has 64 heavy (non-hydrogen) atoms. The first-order chi connectivity index (χ1) is 31.5. The molecule has 1 aromatic heterocycles. The summed E-state index contributed by atoms with van der Waals surface area (Å²) in [7, 11) is 0. The number of allylic oxidation sites excluding steroid dienone is 7. The number of benzene rings is 6. The number of fused-ring (bicyclic) bond motifs is 2. The normalized spacial score (nSPS) is 13.3. The number of hydrogen-bond donors (Lipinski definition) is 0. The molecule has 0 spiro atoms. The van der Waals surface area contributed by atoms with E-state index in [1.54, 1.807) is 0 Å². The number of rotatable bonds is 10. The number of aliphatic imine (C=N–C) groups is 2. The van der Waals surface area contributed by atoms with Crippen LogP contribution in [0.5, 0.6) is 0 Å². The highest BCUT2D eigenvalue weighted by molar-refractivity contribution is 6.04. The van der Waals surface area contributed by atoms with E-state index >= 15 is 0 Å². The van der Waals surface area contributed by atoms with Gasteiger partial charge >= 0.3 is 0 Å². The van der Waals surface area contributed by atoms with Gasteiger partial charge in [-0.15, -0.1) is 0 Å². The average Bonchev–Trinajstić information content (AvgIpc) is 3.65. The Labute approximate surface area is 379 Å². The second-order valence-electron chi connectivity index (χ2n) is 16.0. The summed E-state index contributed by atoms with van der Waals surface area (Å²) >= 11 is 0. The lowest BCUT2D eigenvalue weighted by atomic mass is 9.89. The SMILES string of the molecule is C=Cc1cc(-c2cccc(-c3cc(C)cc(-c4ccc(-c5cncc6c5C=CCC6)cc4)c3)c2)c2ccccc2c1C=C.C=NC(=N/C(=C/CC)C1=CCC=CC=C1)c1ccccc1. The van der Waals surface area contributed by atoms with Gasteiger partial charge in [0.15, 0.2) is 5.84 Å². The number of nitrogens with zero attached hydrogens (tertiary/aromatic N) is 3. The van der Waals surface area contributed by atoms with Gasteiger partial charge in [0, 0.05) is 23.5 Å². The molecular formula is C61H53N3. The van der Waals surface area contributed by atoms with Crippen molar-refractivity contribution < 1.29 is 0 Å². The minimum Gasteiger partial charge on any atom is -0.264 e. The van der Waals surface area contributed by atoms with Crippen LogP contribution in [-0.4, -0.2) is 17.5 Å². The Hall–Kier alpha value is -7.75. The van der Waals surface area contributed by atoms with Crippen LogP contribution in [0.3, 0.4) is 0 Å². The molecule has 2 aliphatic carbocycles. The van der Waals surface area contributed by atoms with Crippen molar-refractivity contribution in [3.63, 3.8) is 0 Å². The Kier molecular flexibility index (Phi) is 13.7. The molecule has 0 bridgehead atoms. The van der Waals surface area contributed by atoms with Crippen LogP contribution >= 0.6 is 0 Å². The van der Waals surface area contributed by atoms with Crippen molar-refractivity contribution in [2.75, 3.05) is 0 Å². The predicted octanol–water partition coefficient (Wildman–Crippen LogP) is 16.3. The lowest BCUT2D eigenvalue weighted by Gasteiger charge is -2.15. The van der Waals surface area contributed by atoms with Crippen molar-refractivity contribution in [1.82, 2.24) is 4.98 Å². The quantitative estimate of drug-likeness (QED) is 0.1000. The second-order valence-corrected chi connectivity index (χ2v) is 16.0. The molecule has 0 saturated heterocycles. The van der Waals surface area contributed by atoms with Crippen LogP contribution in [0.2, 0.25) is 0 Å². The van der Waals surface area contributed by atoms with Gasteiger partial charge in [-0.3, -0.25) is 4.98 Å². The van der Waals surface area contributed by atoms with Crippen LogP contribution in [0.4, 0.5) is 0 Å². The standard InChI is InChI=1S/C42H33N.C19H20N2/c1-4-29-25-41(40-16-9-8-15-39(40)37(29)5-2)33-13-10-12-32(23-33)36-22-28(3)21-35(24-36)30-17-19-31(20-18-30)42-27-43-26-34-11-6-7-14-38(34)42;1-3-11-18(16-12-7-4-5-8-13-16)21-19(20-2)17-14-9-6-10-15-17/h4-5,7-10,12-27H,1-2,6,11H2,3H3;4-7,9-15H,2-3,8H2,1H3/b;18-11+,21-19?. The van der Waals surface area contributed by atoms with Crippen molar-refractivity contribution in [2.45, 2.75) is 39.5 Å². The van der Waals surface area contributed by atoms with E-state index in [1.165, 1.54) is 72.0 Å². The van der Waals surface area contributed by atoms with Gasteiger partial charge in [-0.05, 0) is 141 Å². The molecule has 312 valence electrons. The highest BCUT2D eigenvalue weighted by Gasteiger charge is 2.14. The van der Waals surface area contributed by atoms with E-state index in [-0.39, 0.29) is 0 Å². The summed E-state index contributed by atoms with van der Waals surface area (Å²) < 4.78 is 0. The Morgan fingerprint density at radius 3 is 2.17 bits per heavy atom. The van der Waals surface area contributed by atoms with Crippen LogP contribution in [0.1, 0.15) is 59.6 Å². The number of hydrogen-bond acceptors (Lipinski definition) is 2. The molecule has 0 atom stereocenters. The lowest BCUT2D eigenvalue weighted by molar-refractivity contribution is 0.972. The van der Waals surface area contributed by atoms with Crippen LogP contribution in [0.15, 0.2) is 217 Å². The molecular weight excluding hydrogens is 775 g/mol. The summed E-state index contributed by atoms with van der Waals surface area (Å²) in [5, 5.41) is 2.41. The zero-order valence-electron chi connectivity index (χ0n) is 36.8. The van der Waals surface area contributed by atoms with Gasteiger partial charge in [-0.1, -0.05) is 190 Å². The van der Waals surface area contributed by atoms with Crippen molar-refractivity contribution in [2.24, 2.45) is 9.98 Å². The molecule has 7 aromatic rings. The Balaban J connectivity index is 0.000000224. The topological polar surface area (TPSA) is 37.6 Å². The van der Waals surface area contributed by atoms with Gasteiger partial charge in [-0.25, -0.2) is 9.98 Å². The lowest BCUT2D eigenvalue weighted by Crippen LogP contribution is -1.98. The Bertz CT molecular complexity index is 3040. The van der Waals surface area contributed by atoms with Crippen molar-refractivity contribution >= 4 is 41.6 Å². The number of aryl methyl sites for hydroxylation is 2. The molecule has 1 heterocycles. The maximum atomic E-state index is 4.72. The third-order valence-corrected chi connectivity index (χ3v) is 11.7. The monoisotopic (exact) mass is 827 g/mol. The Morgan fingerprint density at radius 1 is 0.672 bits per heavy atom. The average molecular weight is 828 g/mol. The highest BCUT2D eigenvalue weighted by Crippen LogP contribution is 2.38.